The maximum Gasteiger partial charge on any atom is 0.185 e. The third-order valence-corrected chi connectivity index (χ3v) is 4.55. The summed E-state index contributed by atoms with van der Waals surface area (Å²) in [6.07, 6.45) is 0. The summed E-state index contributed by atoms with van der Waals surface area (Å²) in [5.74, 6) is 0. The Morgan fingerprint density at radius 1 is 1.08 bits per heavy atom. The molecule has 0 fully saturated rings. The maximum atomic E-state index is 3.36. The second-order valence-electron chi connectivity index (χ2n) is 2.95. The molecule has 0 radical (unpaired) electrons. The van der Waals surface area contributed by atoms with Crippen molar-refractivity contribution in [3.05, 3.63) is 0 Å². The molecular weight excluding hydrogens is 166 g/mol. The van der Waals surface area contributed by atoms with E-state index in [1.54, 1.807) is 0 Å². The van der Waals surface area contributed by atoms with E-state index in [-0.39, 0.29) is 0 Å². The fourth-order valence-corrected chi connectivity index (χ4v) is 2.77. The summed E-state index contributed by atoms with van der Waals surface area (Å²) in [6.45, 7) is 8.01. The number of rotatable bonds is 7. The summed E-state index contributed by atoms with van der Waals surface area (Å²) >= 11 is 0. The summed E-state index contributed by atoms with van der Waals surface area (Å²) in [7, 11) is 3.28. The molecule has 4 heteroatoms. The van der Waals surface area contributed by atoms with Crippen LogP contribution in [-0.2, 0) is 0 Å². The second kappa shape index (κ2) is 7.73. The Morgan fingerprint density at radius 2 is 1.58 bits per heavy atom. The van der Waals surface area contributed by atoms with E-state index in [0.29, 0.717) is 0 Å². The van der Waals surface area contributed by atoms with Gasteiger partial charge in [-0.3, -0.25) is 0 Å². The Kier molecular flexibility index (Phi) is 7.79. The SMILES string of the molecule is CCN(CC)CC[SiH](NC)NC. The van der Waals surface area contributed by atoms with Crippen molar-refractivity contribution in [3.63, 3.8) is 0 Å². The van der Waals surface area contributed by atoms with E-state index in [0.717, 1.165) is 0 Å². The van der Waals surface area contributed by atoms with Crippen molar-refractivity contribution in [3.8, 4) is 0 Å². The van der Waals surface area contributed by atoms with Crippen molar-refractivity contribution in [1.82, 2.24) is 14.9 Å². The highest BCUT2D eigenvalue weighted by molar-refractivity contribution is 6.53. The van der Waals surface area contributed by atoms with Crippen LogP contribution in [0.3, 0.4) is 0 Å². The van der Waals surface area contributed by atoms with Crippen LogP contribution < -0.4 is 9.96 Å². The third-order valence-electron chi connectivity index (χ3n) is 2.33. The smallest absolute Gasteiger partial charge is 0.185 e. The van der Waals surface area contributed by atoms with Gasteiger partial charge in [0.15, 0.2) is 9.12 Å². The molecule has 0 atom stereocenters. The number of hydrogen-bond donors (Lipinski definition) is 2. The van der Waals surface area contributed by atoms with Crippen molar-refractivity contribution in [2.75, 3.05) is 33.7 Å². The topological polar surface area (TPSA) is 27.3 Å². The van der Waals surface area contributed by atoms with Crippen LogP contribution >= 0.6 is 0 Å². The van der Waals surface area contributed by atoms with E-state index in [9.17, 15) is 0 Å². The molecule has 0 aliphatic rings. The Labute approximate surface area is 78.3 Å². The van der Waals surface area contributed by atoms with E-state index < -0.39 is 9.12 Å². The molecule has 2 N–H and O–H groups in total. The molecule has 0 rings (SSSR count). The molecule has 12 heavy (non-hydrogen) atoms. The van der Waals surface area contributed by atoms with E-state index in [4.69, 9.17) is 0 Å². The van der Waals surface area contributed by atoms with E-state index in [1.165, 1.54) is 25.7 Å². The lowest BCUT2D eigenvalue weighted by Crippen LogP contribution is -2.45. The van der Waals surface area contributed by atoms with Crippen LogP contribution in [0.2, 0.25) is 6.04 Å². The molecule has 0 aliphatic carbocycles. The highest BCUT2D eigenvalue weighted by atomic mass is 28.3. The van der Waals surface area contributed by atoms with Crippen LogP contribution in [0.25, 0.3) is 0 Å². The van der Waals surface area contributed by atoms with Gasteiger partial charge in [-0.05, 0) is 39.8 Å². The zero-order valence-corrected chi connectivity index (χ0v) is 10.0. The largest absolute Gasteiger partial charge is 0.331 e. The molecule has 0 aromatic carbocycles. The fraction of sp³-hybridized carbons (Fsp3) is 1.00. The molecule has 3 nitrogen and oxygen atoms in total. The van der Waals surface area contributed by atoms with Crippen LogP contribution in [0.5, 0.6) is 0 Å². The highest BCUT2D eigenvalue weighted by Gasteiger charge is 2.06. The van der Waals surface area contributed by atoms with Crippen molar-refractivity contribution in [2.45, 2.75) is 19.9 Å². The van der Waals surface area contributed by atoms with Gasteiger partial charge in [-0.25, -0.2) is 0 Å². The minimum absolute atomic E-state index is 0.818. The summed E-state index contributed by atoms with van der Waals surface area (Å²) in [6, 6.07) is 1.30. The molecule has 0 unspecified atom stereocenters. The second-order valence-corrected chi connectivity index (χ2v) is 5.78. The maximum absolute atomic E-state index is 3.36. The molecule has 0 aromatic heterocycles. The van der Waals surface area contributed by atoms with Crippen LogP contribution in [0, 0.1) is 0 Å². The lowest BCUT2D eigenvalue weighted by molar-refractivity contribution is 0.319. The molecule has 0 amide bonds. The summed E-state index contributed by atoms with van der Waals surface area (Å²) < 4.78 is 0. The van der Waals surface area contributed by atoms with Crippen molar-refractivity contribution in [2.24, 2.45) is 0 Å². The minimum atomic E-state index is -0.818. The summed E-state index contributed by atoms with van der Waals surface area (Å²) in [5.41, 5.74) is 0. The van der Waals surface area contributed by atoms with Gasteiger partial charge >= 0.3 is 0 Å². The lowest BCUT2D eigenvalue weighted by atomic mass is 10.5. The van der Waals surface area contributed by atoms with E-state index >= 15 is 0 Å². The number of nitrogens with zero attached hydrogens (tertiary/aromatic N) is 1. The molecular formula is C8H23N3Si. The molecule has 0 saturated heterocycles. The molecule has 0 bridgehead atoms. The standard InChI is InChI=1S/C8H23N3Si/c1-5-11(6-2)7-8-12(9-3)10-4/h9-10,12H,5-8H2,1-4H3. The Morgan fingerprint density at radius 3 is 1.92 bits per heavy atom. The average Bonchev–Trinajstić information content (AvgIpc) is 2.13. The molecule has 0 aliphatic heterocycles. The first kappa shape index (κ1) is 12.1. The monoisotopic (exact) mass is 189 g/mol. The first-order chi connectivity index (χ1) is 5.78. The van der Waals surface area contributed by atoms with Crippen LogP contribution in [-0.4, -0.2) is 47.7 Å². The molecule has 0 aromatic rings. The zero-order chi connectivity index (χ0) is 9.40. The minimum Gasteiger partial charge on any atom is -0.331 e. The molecule has 0 saturated carbocycles. The molecule has 0 heterocycles. The summed E-state index contributed by atoms with van der Waals surface area (Å²) in [5, 5.41) is 0. The number of hydrogen-bond acceptors (Lipinski definition) is 3. The van der Waals surface area contributed by atoms with Crippen LogP contribution in [0.15, 0.2) is 0 Å². The van der Waals surface area contributed by atoms with Gasteiger partial charge in [0.1, 0.15) is 0 Å². The molecule has 0 spiro atoms. The van der Waals surface area contributed by atoms with Gasteiger partial charge < -0.3 is 14.9 Å². The van der Waals surface area contributed by atoms with Crippen molar-refractivity contribution >= 4 is 9.12 Å². The van der Waals surface area contributed by atoms with Crippen molar-refractivity contribution < 1.29 is 0 Å². The average molecular weight is 189 g/mol. The van der Waals surface area contributed by atoms with E-state index in [1.807, 2.05) is 0 Å². The zero-order valence-electron chi connectivity index (χ0n) is 8.85. The first-order valence-corrected chi connectivity index (χ1v) is 6.82. The fourth-order valence-electron chi connectivity index (χ4n) is 1.28. The van der Waals surface area contributed by atoms with Gasteiger partial charge in [0.05, 0.1) is 0 Å². The van der Waals surface area contributed by atoms with Gasteiger partial charge in [0, 0.05) is 0 Å². The van der Waals surface area contributed by atoms with Gasteiger partial charge in [0.25, 0.3) is 0 Å². The lowest BCUT2D eigenvalue weighted by Gasteiger charge is -2.20. The Bertz CT molecular complexity index is 80.3. The summed E-state index contributed by atoms with van der Waals surface area (Å²) in [4.78, 5) is 9.18. The Hall–Kier alpha value is 0.0969. The van der Waals surface area contributed by atoms with Crippen molar-refractivity contribution in [1.29, 1.82) is 0 Å². The van der Waals surface area contributed by atoms with Gasteiger partial charge in [-0.15, -0.1) is 0 Å². The quantitative estimate of drug-likeness (QED) is 0.552. The molecule has 74 valence electrons. The predicted octanol–water partition coefficient (Wildman–Crippen LogP) is -0.0125. The first-order valence-electron chi connectivity index (χ1n) is 4.85. The Balaban J connectivity index is 3.49. The number of nitrogens with one attached hydrogen (secondary N) is 2. The van der Waals surface area contributed by atoms with Crippen LogP contribution in [0.1, 0.15) is 13.8 Å². The van der Waals surface area contributed by atoms with E-state index in [2.05, 4.69) is 42.8 Å². The normalized spacial score (nSPS) is 11.5. The third kappa shape index (κ3) is 4.87. The van der Waals surface area contributed by atoms with Crippen LogP contribution in [0.4, 0.5) is 0 Å². The highest BCUT2D eigenvalue weighted by Crippen LogP contribution is 1.92. The van der Waals surface area contributed by atoms with Gasteiger partial charge in [-0.1, -0.05) is 13.8 Å². The van der Waals surface area contributed by atoms with Gasteiger partial charge in [-0.2, -0.15) is 0 Å². The van der Waals surface area contributed by atoms with Gasteiger partial charge in [0.2, 0.25) is 0 Å². The predicted molar refractivity (Wildman–Crippen MR) is 57.9 cm³/mol.